The van der Waals surface area contributed by atoms with E-state index in [1.54, 1.807) is 6.92 Å². The summed E-state index contributed by atoms with van der Waals surface area (Å²) in [6, 6.07) is -0.998. The van der Waals surface area contributed by atoms with Crippen LogP contribution in [0.1, 0.15) is 19.8 Å². The number of primary amides is 1. The monoisotopic (exact) mass is 174 g/mol. The van der Waals surface area contributed by atoms with Crippen molar-refractivity contribution in [3.8, 4) is 0 Å². The van der Waals surface area contributed by atoms with Crippen molar-refractivity contribution >= 4 is 11.9 Å². The molecular weight excluding hydrogens is 160 g/mol. The number of amides is 1. The van der Waals surface area contributed by atoms with Crippen molar-refractivity contribution in [1.29, 1.82) is 0 Å². The number of hydrogen-bond acceptors (Lipinski definition) is 3. The van der Waals surface area contributed by atoms with Gasteiger partial charge in [-0.2, -0.15) is 0 Å². The lowest BCUT2D eigenvalue weighted by Gasteiger charge is -2.12. The third-order valence-corrected chi connectivity index (χ3v) is 1.75. The first kappa shape index (κ1) is 10.9. The first-order valence-corrected chi connectivity index (χ1v) is 3.76. The van der Waals surface area contributed by atoms with E-state index < -0.39 is 23.8 Å². The van der Waals surface area contributed by atoms with Gasteiger partial charge >= 0.3 is 5.97 Å². The molecule has 1 amide bonds. The Bertz CT molecular complexity index is 181. The van der Waals surface area contributed by atoms with Crippen LogP contribution in [0.25, 0.3) is 0 Å². The minimum absolute atomic E-state index is 0.112. The van der Waals surface area contributed by atoms with E-state index in [4.69, 9.17) is 16.6 Å². The molecule has 0 aromatic carbocycles. The van der Waals surface area contributed by atoms with Crippen molar-refractivity contribution in [2.24, 2.45) is 17.4 Å². The van der Waals surface area contributed by atoms with Crippen molar-refractivity contribution < 1.29 is 14.7 Å². The first-order chi connectivity index (χ1) is 5.49. The van der Waals surface area contributed by atoms with Gasteiger partial charge in [-0.3, -0.25) is 9.59 Å². The number of carbonyl (C=O) groups excluding carboxylic acids is 1. The third-order valence-electron chi connectivity index (χ3n) is 1.75. The second-order valence-corrected chi connectivity index (χ2v) is 2.69. The highest BCUT2D eigenvalue weighted by molar-refractivity contribution is 5.79. The van der Waals surface area contributed by atoms with Crippen LogP contribution in [0, 0.1) is 5.92 Å². The van der Waals surface area contributed by atoms with Gasteiger partial charge in [-0.25, -0.2) is 0 Å². The first-order valence-electron chi connectivity index (χ1n) is 3.76. The summed E-state index contributed by atoms with van der Waals surface area (Å²) in [5.74, 6) is -2.03. The van der Waals surface area contributed by atoms with Crippen LogP contribution in [0.4, 0.5) is 0 Å². The number of rotatable bonds is 5. The molecule has 0 aliphatic carbocycles. The minimum atomic E-state index is -1.10. The number of carboxylic acids is 1. The number of carbonyl (C=O) groups is 2. The molecule has 0 rings (SSSR count). The third kappa shape index (κ3) is 3.34. The van der Waals surface area contributed by atoms with Gasteiger partial charge < -0.3 is 16.6 Å². The Morgan fingerprint density at radius 3 is 2.25 bits per heavy atom. The normalized spacial score (nSPS) is 15.2. The molecule has 0 bridgehead atoms. The predicted octanol–water partition coefficient (Wildman–Crippen LogP) is -0.700. The fraction of sp³-hybridized carbons (Fsp3) is 0.714. The average Bonchev–Trinajstić information content (AvgIpc) is 1.98. The van der Waals surface area contributed by atoms with Crippen molar-refractivity contribution in [3.63, 3.8) is 0 Å². The molecule has 5 N–H and O–H groups in total. The maximum atomic E-state index is 10.7. The Hall–Kier alpha value is -1.10. The molecule has 0 saturated heterocycles. The molecule has 0 spiro atoms. The molecule has 0 aliphatic heterocycles. The molecule has 12 heavy (non-hydrogen) atoms. The second kappa shape index (κ2) is 4.71. The van der Waals surface area contributed by atoms with E-state index in [2.05, 4.69) is 0 Å². The largest absolute Gasteiger partial charge is 0.480 e. The highest BCUT2D eigenvalue weighted by Gasteiger charge is 2.20. The van der Waals surface area contributed by atoms with Crippen LogP contribution in [0.2, 0.25) is 0 Å². The maximum Gasteiger partial charge on any atom is 0.320 e. The number of carboxylic acid groups (broad SMARTS) is 1. The van der Waals surface area contributed by atoms with Crippen LogP contribution in [0.15, 0.2) is 0 Å². The van der Waals surface area contributed by atoms with Gasteiger partial charge in [0.1, 0.15) is 6.04 Å². The minimum Gasteiger partial charge on any atom is -0.480 e. The van der Waals surface area contributed by atoms with Crippen molar-refractivity contribution in [2.75, 3.05) is 0 Å². The Balaban J connectivity index is 4.02. The van der Waals surface area contributed by atoms with Gasteiger partial charge in [0.05, 0.1) is 0 Å². The highest BCUT2D eigenvalue weighted by atomic mass is 16.4. The zero-order valence-corrected chi connectivity index (χ0v) is 6.99. The number of aliphatic carboxylic acids is 1. The van der Waals surface area contributed by atoms with Gasteiger partial charge in [0.25, 0.3) is 0 Å². The molecule has 2 atom stereocenters. The van der Waals surface area contributed by atoms with Crippen molar-refractivity contribution in [3.05, 3.63) is 0 Å². The van der Waals surface area contributed by atoms with Crippen LogP contribution in [-0.4, -0.2) is 23.0 Å². The van der Waals surface area contributed by atoms with Gasteiger partial charge in [0.15, 0.2) is 0 Å². The fourth-order valence-electron chi connectivity index (χ4n) is 0.891. The van der Waals surface area contributed by atoms with E-state index in [-0.39, 0.29) is 6.42 Å². The van der Waals surface area contributed by atoms with Crippen LogP contribution in [-0.2, 0) is 9.59 Å². The summed E-state index contributed by atoms with van der Waals surface area (Å²) in [6.07, 6.45) is 0.636. The molecule has 0 radical (unpaired) electrons. The van der Waals surface area contributed by atoms with Gasteiger partial charge in [0.2, 0.25) is 5.91 Å². The molecule has 0 heterocycles. The molecule has 5 heteroatoms. The smallest absolute Gasteiger partial charge is 0.320 e. The maximum absolute atomic E-state index is 10.7. The predicted molar refractivity (Wildman–Crippen MR) is 43.2 cm³/mol. The molecule has 0 aliphatic rings. The molecule has 2 unspecified atom stereocenters. The fourth-order valence-corrected chi connectivity index (χ4v) is 0.891. The van der Waals surface area contributed by atoms with Crippen LogP contribution in [0.5, 0.6) is 0 Å². The molecule has 0 aromatic heterocycles. The lowest BCUT2D eigenvalue weighted by atomic mass is 9.97. The Morgan fingerprint density at radius 2 is 2.00 bits per heavy atom. The topological polar surface area (TPSA) is 106 Å². The Morgan fingerprint density at radius 1 is 1.50 bits per heavy atom. The molecule has 5 nitrogen and oxygen atoms in total. The molecule has 0 aromatic rings. The van der Waals surface area contributed by atoms with Gasteiger partial charge in [-0.1, -0.05) is 6.92 Å². The summed E-state index contributed by atoms with van der Waals surface area (Å²) < 4.78 is 0. The highest BCUT2D eigenvalue weighted by Crippen LogP contribution is 2.09. The van der Waals surface area contributed by atoms with Crippen LogP contribution >= 0.6 is 0 Å². The zero-order valence-electron chi connectivity index (χ0n) is 6.99. The van der Waals surface area contributed by atoms with Crippen molar-refractivity contribution in [1.82, 2.24) is 0 Å². The molecule has 0 fully saturated rings. The Labute approximate surface area is 70.7 Å². The average molecular weight is 174 g/mol. The van der Waals surface area contributed by atoms with E-state index in [0.717, 1.165) is 0 Å². The van der Waals surface area contributed by atoms with E-state index in [1.807, 2.05) is 0 Å². The van der Waals surface area contributed by atoms with Gasteiger partial charge in [-0.05, 0) is 12.8 Å². The summed E-state index contributed by atoms with van der Waals surface area (Å²) in [6.45, 7) is 1.77. The van der Waals surface area contributed by atoms with Crippen LogP contribution in [0.3, 0.4) is 0 Å². The quantitative estimate of drug-likeness (QED) is 0.512. The lowest BCUT2D eigenvalue weighted by Crippen LogP contribution is -2.36. The summed E-state index contributed by atoms with van der Waals surface area (Å²) in [5.41, 5.74) is 10.2. The summed E-state index contributed by atoms with van der Waals surface area (Å²) in [4.78, 5) is 21.0. The number of hydrogen-bond donors (Lipinski definition) is 3. The zero-order chi connectivity index (χ0) is 9.72. The molecule has 70 valence electrons. The molecule has 0 saturated carbocycles. The summed E-state index contributed by atoms with van der Waals surface area (Å²) >= 11 is 0. The van der Waals surface area contributed by atoms with Gasteiger partial charge in [-0.15, -0.1) is 0 Å². The summed E-state index contributed by atoms with van der Waals surface area (Å²) in [5, 5.41) is 8.43. The van der Waals surface area contributed by atoms with Crippen LogP contribution < -0.4 is 11.5 Å². The van der Waals surface area contributed by atoms with E-state index in [1.165, 1.54) is 0 Å². The standard InChI is InChI=1S/C7H14N2O3/c1-2-4(6(9)10)3-5(8)7(11)12/h4-5H,2-3,8H2,1H3,(H2,9,10)(H,11,12). The Kier molecular flexibility index (Phi) is 4.28. The van der Waals surface area contributed by atoms with E-state index >= 15 is 0 Å². The molecular formula is C7H14N2O3. The lowest BCUT2D eigenvalue weighted by molar-refractivity contribution is -0.139. The number of nitrogens with two attached hydrogens (primary N) is 2. The summed E-state index contributed by atoms with van der Waals surface area (Å²) in [7, 11) is 0. The van der Waals surface area contributed by atoms with Gasteiger partial charge in [0, 0.05) is 5.92 Å². The second-order valence-electron chi connectivity index (χ2n) is 2.69. The van der Waals surface area contributed by atoms with E-state index in [9.17, 15) is 9.59 Å². The van der Waals surface area contributed by atoms with Crippen molar-refractivity contribution in [2.45, 2.75) is 25.8 Å². The van der Waals surface area contributed by atoms with E-state index in [0.29, 0.717) is 6.42 Å². The SMILES string of the molecule is CCC(CC(N)C(=O)O)C(N)=O.